The van der Waals surface area contributed by atoms with Gasteiger partial charge in [0.15, 0.2) is 5.16 Å². The van der Waals surface area contributed by atoms with Crippen molar-refractivity contribution in [3.8, 4) is 5.69 Å². The van der Waals surface area contributed by atoms with Gasteiger partial charge in [0.05, 0.1) is 5.25 Å². The summed E-state index contributed by atoms with van der Waals surface area (Å²) in [5.74, 6) is -0.0525. The van der Waals surface area contributed by atoms with Gasteiger partial charge in [-0.3, -0.25) is 9.36 Å². The third-order valence-electron chi connectivity index (χ3n) is 5.06. The second-order valence-electron chi connectivity index (χ2n) is 7.16. The molecule has 1 saturated heterocycles. The van der Waals surface area contributed by atoms with E-state index >= 15 is 0 Å². The molecule has 1 aliphatic heterocycles. The van der Waals surface area contributed by atoms with E-state index in [0.717, 1.165) is 24.5 Å². The highest BCUT2D eigenvalue weighted by Gasteiger charge is 2.19. The highest BCUT2D eigenvalue weighted by molar-refractivity contribution is 8.00. The average molecular weight is 408 g/mol. The van der Waals surface area contributed by atoms with E-state index in [0.29, 0.717) is 5.16 Å². The lowest BCUT2D eigenvalue weighted by atomic mass is 10.1. The van der Waals surface area contributed by atoms with Crippen molar-refractivity contribution in [3.05, 3.63) is 60.9 Å². The normalized spacial score (nSPS) is 15.1. The summed E-state index contributed by atoms with van der Waals surface area (Å²) < 4.78 is 1.89. The maximum absolute atomic E-state index is 12.7. The minimum absolute atomic E-state index is 0.0525. The van der Waals surface area contributed by atoms with E-state index in [9.17, 15) is 4.79 Å². The summed E-state index contributed by atoms with van der Waals surface area (Å²) in [7, 11) is 0. The standard InChI is InChI=1S/C22H25N5OS/c1-17(29-22-25-23-16-27(22)20-8-4-2-5-9-20)21(28)24-18-10-12-19(13-11-18)26-14-6-3-7-15-26/h2,4-5,8-13,16-17H,3,6-7,14-15H2,1H3,(H,24,28)/t17-/m0/s1. The van der Waals surface area contributed by atoms with Crippen LogP contribution in [0.15, 0.2) is 66.1 Å². The summed E-state index contributed by atoms with van der Waals surface area (Å²) in [6, 6.07) is 18.0. The number of aromatic nitrogens is 3. The second-order valence-corrected chi connectivity index (χ2v) is 8.47. The van der Waals surface area contributed by atoms with Gasteiger partial charge in [-0.1, -0.05) is 30.0 Å². The number of piperidine rings is 1. The molecular weight excluding hydrogens is 382 g/mol. The Kier molecular flexibility index (Phi) is 6.14. The molecule has 1 N–H and O–H groups in total. The molecule has 150 valence electrons. The summed E-state index contributed by atoms with van der Waals surface area (Å²) in [5, 5.41) is 11.6. The molecule has 1 aliphatic rings. The summed E-state index contributed by atoms with van der Waals surface area (Å²) in [6.07, 6.45) is 5.49. The van der Waals surface area contributed by atoms with Crippen LogP contribution in [0.5, 0.6) is 0 Å². The zero-order valence-electron chi connectivity index (χ0n) is 16.5. The van der Waals surface area contributed by atoms with Crippen LogP contribution in [0.1, 0.15) is 26.2 Å². The van der Waals surface area contributed by atoms with Crippen LogP contribution in [0.25, 0.3) is 5.69 Å². The second kappa shape index (κ2) is 9.13. The molecule has 1 fully saturated rings. The topological polar surface area (TPSA) is 63.1 Å². The molecule has 3 aromatic rings. The SMILES string of the molecule is C[C@H](Sc1nncn1-c1ccccc1)C(=O)Nc1ccc(N2CCCCC2)cc1. The number of nitrogens with zero attached hydrogens (tertiary/aromatic N) is 4. The number of thioether (sulfide) groups is 1. The molecule has 2 aromatic carbocycles. The zero-order valence-corrected chi connectivity index (χ0v) is 17.3. The lowest BCUT2D eigenvalue weighted by molar-refractivity contribution is -0.115. The highest BCUT2D eigenvalue weighted by Crippen LogP contribution is 2.26. The predicted molar refractivity (Wildman–Crippen MR) is 118 cm³/mol. The number of rotatable bonds is 6. The van der Waals surface area contributed by atoms with Crippen molar-refractivity contribution in [3.63, 3.8) is 0 Å². The molecular formula is C22H25N5OS. The van der Waals surface area contributed by atoms with Crippen LogP contribution in [0, 0.1) is 0 Å². The van der Waals surface area contributed by atoms with Crippen molar-refractivity contribution in [2.24, 2.45) is 0 Å². The minimum Gasteiger partial charge on any atom is -0.372 e. The van der Waals surface area contributed by atoms with Crippen molar-refractivity contribution in [2.45, 2.75) is 36.6 Å². The summed E-state index contributed by atoms with van der Waals surface area (Å²) >= 11 is 1.39. The van der Waals surface area contributed by atoms with Gasteiger partial charge in [0.1, 0.15) is 6.33 Å². The van der Waals surface area contributed by atoms with Crippen LogP contribution in [0.3, 0.4) is 0 Å². The number of nitrogens with one attached hydrogen (secondary N) is 1. The first-order chi connectivity index (χ1) is 14.2. The lowest BCUT2D eigenvalue weighted by Crippen LogP contribution is -2.29. The van der Waals surface area contributed by atoms with Gasteiger partial charge in [-0.25, -0.2) is 0 Å². The van der Waals surface area contributed by atoms with Gasteiger partial charge in [-0.2, -0.15) is 0 Å². The molecule has 4 rings (SSSR count). The van der Waals surface area contributed by atoms with E-state index in [1.54, 1.807) is 6.33 Å². The number of hydrogen-bond donors (Lipinski definition) is 1. The van der Waals surface area contributed by atoms with Gasteiger partial charge in [0.25, 0.3) is 0 Å². The number of anilines is 2. The van der Waals surface area contributed by atoms with Crippen molar-refractivity contribution in [1.29, 1.82) is 0 Å². The zero-order chi connectivity index (χ0) is 20.1. The Labute approximate surface area is 175 Å². The third kappa shape index (κ3) is 4.79. The van der Waals surface area contributed by atoms with Crippen LogP contribution in [-0.2, 0) is 4.79 Å². The van der Waals surface area contributed by atoms with Gasteiger partial charge in [-0.05, 0) is 62.6 Å². The van der Waals surface area contributed by atoms with E-state index in [2.05, 4.69) is 32.5 Å². The van der Waals surface area contributed by atoms with Crippen molar-refractivity contribution < 1.29 is 4.79 Å². The molecule has 1 aromatic heterocycles. The van der Waals surface area contributed by atoms with Gasteiger partial charge < -0.3 is 10.2 Å². The lowest BCUT2D eigenvalue weighted by Gasteiger charge is -2.28. The molecule has 0 bridgehead atoms. The quantitative estimate of drug-likeness (QED) is 0.615. The molecule has 29 heavy (non-hydrogen) atoms. The van der Waals surface area contributed by atoms with Crippen LogP contribution >= 0.6 is 11.8 Å². The first-order valence-corrected chi connectivity index (χ1v) is 10.9. The first-order valence-electron chi connectivity index (χ1n) is 9.99. The number of carbonyl (C=O) groups is 1. The van der Waals surface area contributed by atoms with Gasteiger partial charge in [0.2, 0.25) is 5.91 Å². The van der Waals surface area contributed by atoms with Crippen LogP contribution in [0.2, 0.25) is 0 Å². The maximum Gasteiger partial charge on any atom is 0.237 e. The van der Waals surface area contributed by atoms with Gasteiger partial charge in [0, 0.05) is 30.2 Å². The Morgan fingerprint density at radius 3 is 2.45 bits per heavy atom. The fourth-order valence-corrected chi connectivity index (χ4v) is 4.28. The molecule has 0 unspecified atom stereocenters. The largest absolute Gasteiger partial charge is 0.372 e. The van der Waals surface area contributed by atoms with E-state index in [1.807, 2.05) is 54.0 Å². The number of amides is 1. The van der Waals surface area contributed by atoms with E-state index in [-0.39, 0.29) is 11.2 Å². The summed E-state index contributed by atoms with van der Waals surface area (Å²) in [6.45, 7) is 4.11. The molecule has 0 aliphatic carbocycles. The van der Waals surface area contributed by atoms with Gasteiger partial charge >= 0.3 is 0 Å². The number of benzene rings is 2. The van der Waals surface area contributed by atoms with E-state index in [4.69, 9.17) is 0 Å². The smallest absolute Gasteiger partial charge is 0.237 e. The number of para-hydroxylation sites is 1. The third-order valence-corrected chi connectivity index (χ3v) is 6.12. The predicted octanol–water partition coefficient (Wildman–Crippen LogP) is 4.38. The van der Waals surface area contributed by atoms with Crippen molar-refractivity contribution in [1.82, 2.24) is 14.8 Å². The Balaban J connectivity index is 1.37. The Morgan fingerprint density at radius 1 is 1.00 bits per heavy atom. The Bertz CT molecular complexity index is 935. The molecule has 1 atom stereocenters. The Hall–Kier alpha value is -2.80. The van der Waals surface area contributed by atoms with E-state index in [1.165, 1.54) is 36.7 Å². The van der Waals surface area contributed by atoms with Crippen LogP contribution < -0.4 is 10.2 Å². The molecule has 7 heteroatoms. The first kappa shape index (κ1) is 19.5. The molecule has 0 spiro atoms. The van der Waals surface area contributed by atoms with Crippen molar-refractivity contribution >= 4 is 29.0 Å². The molecule has 2 heterocycles. The van der Waals surface area contributed by atoms with Crippen molar-refractivity contribution in [2.75, 3.05) is 23.3 Å². The summed E-state index contributed by atoms with van der Waals surface area (Å²) in [5.41, 5.74) is 3.01. The molecule has 0 radical (unpaired) electrons. The Morgan fingerprint density at radius 2 is 1.72 bits per heavy atom. The molecule has 1 amide bonds. The molecule has 0 saturated carbocycles. The van der Waals surface area contributed by atoms with Crippen LogP contribution in [0.4, 0.5) is 11.4 Å². The van der Waals surface area contributed by atoms with Crippen LogP contribution in [-0.4, -0.2) is 39.0 Å². The maximum atomic E-state index is 12.7. The summed E-state index contributed by atoms with van der Waals surface area (Å²) in [4.78, 5) is 15.1. The average Bonchev–Trinajstić information content (AvgIpc) is 3.23. The molecule has 6 nitrogen and oxygen atoms in total. The number of hydrogen-bond acceptors (Lipinski definition) is 5. The fraction of sp³-hybridized carbons (Fsp3) is 0.318. The van der Waals surface area contributed by atoms with E-state index < -0.39 is 0 Å². The highest BCUT2D eigenvalue weighted by atomic mass is 32.2. The minimum atomic E-state index is -0.302. The van der Waals surface area contributed by atoms with Gasteiger partial charge in [-0.15, -0.1) is 10.2 Å². The monoisotopic (exact) mass is 407 g/mol. The number of carbonyl (C=O) groups excluding carboxylic acids is 1. The fourth-order valence-electron chi connectivity index (χ4n) is 3.43.